The third kappa shape index (κ3) is 1.33. The summed E-state index contributed by atoms with van der Waals surface area (Å²) in [6.07, 6.45) is 1.61. The van der Waals surface area contributed by atoms with Crippen LogP contribution in [0.25, 0.3) is 0 Å². The van der Waals surface area contributed by atoms with E-state index in [4.69, 9.17) is 10.00 Å². The summed E-state index contributed by atoms with van der Waals surface area (Å²) in [5.41, 5.74) is 1.56. The van der Waals surface area contributed by atoms with Crippen molar-refractivity contribution in [1.82, 2.24) is 4.98 Å². The lowest BCUT2D eigenvalue weighted by Crippen LogP contribution is -2.08. The molecule has 2 heterocycles. The monoisotopic (exact) mass is 188 g/mol. The standard InChI is InChI=1S/C11H12N2O/c1-7(2)9-6-14-10-3-8(4-12)5-13-11(9)10/h3,5,7,9H,6H2,1-2H3. The Morgan fingerprint density at radius 3 is 3.07 bits per heavy atom. The topological polar surface area (TPSA) is 45.9 Å². The first-order valence-electron chi connectivity index (χ1n) is 4.75. The second-order valence-electron chi connectivity index (χ2n) is 3.88. The molecule has 0 saturated heterocycles. The number of nitrogens with zero attached hydrogens (tertiary/aromatic N) is 2. The van der Waals surface area contributed by atoms with Crippen molar-refractivity contribution >= 4 is 0 Å². The summed E-state index contributed by atoms with van der Waals surface area (Å²) in [6.45, 7) is 5.00. The number of hydrogen-bond acceptors (Lipinski definition) is 3. The normalized spacial score (nSPS) is 18.9. The molecule has 1 atom stereocenters. The summed E-state index contributed by atoms with van der Waals surface area (Å²) >= 11 is 0. The predicted molar refractivity (Wildman–Crippen MR) is 52.0 cm³/mol. The van der Waals surface area contributed by atoms with E-state index in [9.17, 15) is 0 Å². The highest BCUT2D eigenvalue weighted by Crippen LogP contribution is 2.36. The smallest absolute Gasteiger partial charge is 0.142 e. The van der Waals surface area contributed by atoms with Gasteiger partial charge >= 0.3 is 0 Å². The molecule has 3 nitrogen and oxygen atoms in total. The SMILES string of the molecule is CC(C)C1COc2cc(C#N)cnc21. The Morgan fingerprint density at radius 2 is 2.43 bits per heavy atom. The van der Waals surface area contributed by atoms with E-state index in [0.29, 0.717) is 24.0 Å². The van der Waals surface area contributed by atoms with Crippen LogP contribution in [0, 0.1) is 17.2 Å². The summed E-state index contributed by atoms with van der Waals surface area (Å²) in [5.74, 6) is 1.68. The van der Waals surface area contributed by atoms with Crippen LogP contribution in [0.1, 0.15) is 31.0 Å². The zero-order valence-corrected chi connectivity index (χ0v) is 8.32. The lowest BCUT2D eigenvalue weighted by Gasteiger charge is -2.10. The van der Waals surface area contributed by atoms with Gasteiger partial charge in [0.05, 0.1) is 17.9 Å². The molecule has 72 valence electrons. The Morgan fingerprint density at radius 1 is 1.64 bits per heavy atom. The van der Waals surface area contributed by atoms with E-state index in [1.165, 1.54) is 0 Å². The summed E-state index contributed by atoms with van der Waals surface area (Å²) in [7, 11) is 0. The largest absolute Gasteiger partial charge is 0.491 e. The number of pyridine rings is 1. The van der Waals surface area contributed by atoms with Crippen LogP contribution in [0.5, 0.6) is 5.75 Å². The van der Waals surface area contributed by atoms with E-state index >= 15 is 0 Å². The molecular weight excluding hydrogens is 176 g/mol. The molecule has 0 aliphatic carbocycles. The Balaban J connectivity index is 2.39. The van der Waals surface area contributed by atoms with Gasteiger partial charge in [-0.25, -0.2) is 0 Å². The molecular formula is C11H12N2O. The zero-order chi connectivity index (χ0) is 10.1. The van der Waals surface area contributed by atoms with E-state index in [1.54, 1.807) is 12.3 Å². The van der Waals surface area contributed by atoms with Crippen LogP contribution in [0.2, 0.25) is 0 Å². The van der Waals surface area contributed by atoms with Crippen LogP contribution in [-0.4, -0.2) is 11.6 Å². The molecule has 1 aromatic rings. The van der Waals surface area contributed by atoms with Gasteiger partial charge in [-0.2, -0.15) is 5.26 Å². The number of fused-ring (bicyclic) bond motifs is 1. The van der Waals surface area contributed by atoms with Crippen LogP contribution in [0.15, 0.2) is 12.3 Å². The van der Waals surface area contributed by atoms with Crippen LogP contribution < -0.4 is 4.74 Å². The van der Waals surface area contributed by atoms with E-state index in [2.05, 4.69) is 24.9 Å². The average molecular weight is 188 g/mol. The molecule has 0 amide bonds. The molecule has 1 unspecified atom stereocenters. The highest BCUT2D eigenvalue weighted by molar-refractivity contribution is 5.41. The van der Waals surface area contributed by atoms with Gasteiger partial charge in [0.15, 0.2) is 0 Å². The summed E-state index contributed by atoms with van der Waals surface area (Å²) < 4.78 is 5.50. The Hall–Kier alpha value is -1.56. The summed E-state index contributed by atoms with van der Waals surface area (Å²) in [6, 6.07) is 3.83. The summed E-state index contributed by atoms with van der Waals surface area (Å²) in [5, 5.41) is 8.70. The fraction of sp³-hybridized carbons (Fsp3) is 0.455. The van der Waals surface area contributed by atoms with Gasteiger partial charge in [0, 0.05) is 18.2 Å². The van der Waals surface area contributed by atoms with E-state index in [-0.39, 0.29) is 0 Å². The van der Waals surface area contributed by atoms with Crippen LogP contribution >= 0.6 is 0 Å². The number of aromatic nitrogens is 1. The minimum atomic E-state index is 0.373. The molecule has 1 aromatic heterocycles. The zero-order valence-electron chi connectivity index (χ0n) is 8.32. The molecule has 0 aromatic carbocycles. The number of hydrogen-bond donors (Lipinski definition) is 0. The average Bonchev–Trinajstić information content (AvgIpc) is 2.59. The predicted octanol–water partition coefficient (Wildman–Crippen LogP) is 2.09. The highest BCUT2D eigenvalue weighted by atomic mass is 16.5. The molecule has 3 heteroatoms. The van der Waals surface area contributed by atoms with Crippen molar-refractivity contribution in [1.29, 1.82) is 5.26 Å². The first-order valence-corrected chi connectivity index (χ1v) is 4.75. The van der Waals surface area contributed by atoms with Crippen molar-refractivity contribution in [2.45, 2.75) is 19.8 Å². The van der Waals surface area contributed by atoms with Crippen molar-refractivity contribution in [2.24, 2.45) is 5.92 Å². The van der Waals surface area contributed by atoms with Crippen LogP contribution in [0.3, 0.4) is 0 Å². The Labute approximate surface area is 83.3 Å². The number of rotatable bonds is 1. The molecule has 0 saturated carbocycles. The second kappa shape index (κ2) is 3.30. The van der Waals surface area contributed by atoms with Gasteiger partial charge in [-0.05, 0) is 5.92 Å². The van der Waals surface area contributed by atoms with E-state index < -0.39 is 0 Å². The molecule has 0 fully saturated rings. The van der Waals surface area contributed by atoms with Gasteiger partial charge in [0.25, 0.3) is 0 Å². The van der Waals surface area contributed by atoms with E-state index in [1.807, 2.05) is 0 Å². The van der Waals surface area contributed by atoms with Gasteiger partial charge in [0.1, 0.15) is 11.8 Å². The molecule has 0 radical (unpaired) electrons. The fourth-order valence-corrected chi connectivity index (χ4v) is 1.68. The van der Waals surface area contributed by atoms with Gasteiger partial charge < -0.3 is 4.74 Å². The van der Waals surface area contributed by atoms with Crippen molar-refractivity contribution in [2.75, 3.05) is 6.61 Å². The van der Waals surface area contributed by atoms with Crippen molar-refractivity contribution < 1.29 is 4.74 Å². The van der Waals surface area contributed by atoms with Crippen molar-refractivity contribution in [3.05, 3.63) is 23.5 Å². The maximum Gasteiger partial charge on any atom is 0.142 e. The Bertz CT molecular complexity index is 393. The molecule has 2 rings (SSSR count). The fourth-order valence-electron chi connectivity index (χ4n) is 1.68. The van der Waals surface area contributed by atoms with Gasteiger partial charge in [0.2, 0.25) is 0 Å². The summed E-state index contributed by atoms with van der Waals surface area (Å²) in [4.78, 5) is 4.29. The first kappa shape index (κ1) is 9.01. The third-order valence-electron chi connectivity index (χ3n) is 2.59. The third-order valence-corrected chi connectivity index (χ3v) is 2.59. The molecule has 1 aliphatic heterocycles. The minimum Gasteiger partial charge on any atom is -0.491 e. The highest BCUT2D eigenvalue weighted by Gasteiger charge is 2.28. The lowest BCUT2D eigenvalue weighted by molar-refractivity contribution is 0.303. The molecule has 14 heavy (non-hydrogen) atoms. The van der Waals surface area contributed by atoms with Gasteiger partial charge in [-0.15, -0.1) is 0 Å². The number of nitriles is 1. The van der Waals surface area contributed by atoms with Gasteiger partial charge in [-0.1, -0.05) is 13.8 Å². The molecule has 0 spiro atoms. The van der Waals surface area contributed by atoms with Crippen molar-refractivity contribution in [3.8, 4) is 11.8 Å². The second-order valence-corrected chi connectivity index (χ2v) is 3.88. The molecule has 0 N–H and O–H groups in total. The van der Waals surface area contributed by atoms with Crippen LogP contribution in [-0.2, 0) is 0 Å². The van der Waals surface area contributed by atoms with Crippen LogP contribution in [0.4, 0.5) is 0 Å². The van der Waals surface area contributed by atoms with Gasteiger partial charge in [-0.3, -0.25) is 4.98 Å². The van der Waals surface area contributed by atoms with Crippen molar-refractivity contribution in [3.63, 3.8) is 0 Å². The Kier molecular flexibility index (Phi) is 2.12. The molecule has 1 aliphatic rings. The quantitative estimate of drug-likeness (QED) is 0.677. The minimum absolute atomic E-state index is 0.373. The molecule has 0 bridgehead atoms. The maximum absolute atomic E-state index is 8.70. The first-order chi connectivity index (χ1) is 6.72. The maximum atomic E-state index is 8.70. The lowest BCUT2D eigenvalue weighted by atomic mass is 9.94. The number of ether oxygens (including phenoxy) is 1. The van der Waals surface area contributed by atoms with E-state index in [0.717, 1.165) is 11.4 Å².